The molecule has 2 aliphatic heterocycles. The number of anilines is 2. The molecule has 3 aromatic heterocycles. The lowest BCUT2D eigenvalue weighted by atomic mass is 9.39. The number of fused-ring (bicyclic) bond motifs is 2. The van der Waals surface area contributed by atoms with Gasteiger partial charge < -0.3 is 44.3 Å². The lowest BCUT2D eigenvalue weighted by molar-refractivity contribution is -0.248. The number of nitrogens with one attached hydrogen (secondary N) is 3. The number of hydrogen-bond acceptors (Lipinski definition) is 19. The van der Waals surface area contributed by atoms with E-state index < -0.39 is 39.3 Å². The summed E-state index contributed by atoms with van der Waals surface area (Å²) >= 11 is 1.42. The molecule has 4 saturated carbocycles. The molecular formula is C66H86N10O15S2. The maximum atomic E-state index is 13.8. The zero-order chi connectivity index (χ0) is 65.8. The predicted molar refractivity (Wildman–Crippen MR) is 347 cm³/mol. The van der Waals surface area contributed by atoms with Crippen molar-refractivity contribution < 1.29 is 70.5 Å². The third-order valence-electron chi connectivity index (χ3n) is 18.8. The van der Waals surface area contributed by atoms with Crippen LogP contribution in [0.25, 0.3) is 21.3 Å². The zero-order valence-electron chi connectivity index (χ0n) is 53.2. The number of amides is 5. The minimum Gasteiger partial charge on any atom is -0.476 e. The van der Waals surface area contributed by atoms with Crippen LogP contribution < -0.4 is 20.9 Å². The van der Waals surface area contributed by atoms with Crippen LogP contribution in [0.2, 0.25) is 0 Å². The molecule has 25 nitrogen and oxygen atoms in total. The number of thiazole rings is 1. The number of carbonyl (C=O) groups excluding carboxylic acids is 5. The lowest BCUT2D eigenvalue weighted by Crippen LogP contribution is -2.65. The minimum absolute atomic E-state index is 0.0104. The second kappa shape index (κ2) is 31.0. The Morgan fingerprint density at radius 1 is 0.796 bits per heavy atom. The number of ether oxygens (including phenoxy) is 5. The fourth-order valence-corrected chi connectivity index (χ4v) is 16.5. The van der Waals surface area contributed by atoms with Gasteiger partial charge >= 0.3 is 5.97 Å². The van der Waals surface area contributed by atoms with Crippen molar-refractivity contribution in [1.82, 2.24) is 40.2 Å². The van der Waals surface area contributed by atoms with Crippen LogP contribution in [-0.2, 0) is 72.5 Å². The monoisotopic (exact) mass is 1320 g/mol. The van der Waals surface area contributed by atoms with E-state index in [1.165, 1.54) is 23.5 Å². The fraction of sp³-hybridized carbons (Fsp3) is 0.561. The van der Waals surface area contributed by atoms with E-state index in [1.54, 1.807) is 6.20 Å². The second-order valence-corrected chi connectivity index (χ2v) is 28.0. The van der Waals surface area contributed by atoms with Gasteiger partial charge in [-0.3, -0.25) is 48.3 Å². The van der Waals surface area contributed by atoms with Crippen LogP contribution in [0.4, 0.5) is 10.9 Å². The van der Waals surface area contributed by atoms with Crippen LogP contribution in [0.15, 0.2) is 72.9 Å². The van der Waals surface area contributed by atoms with Gasteiger partial charge in [0.2, 0.25) is 11.8 Å². The molecule has 5 aromatic rings. The Bertz CT molecular complexity index is 3600. The molecule has 502 valence electrons. The normalized spacial score (nSPS) is 21.5. The van der Waals surface area contributed by atoms with Gasteiger partial charge in [0, 0.05) is 99.7 Å². The van der Waals surface area contributed by atoms with Crippen molar-refractivity contribution in [3.8, 4) is 11.1 Å². The highest BCUT2D eigenvalue weighted by atomic mass is 32.2. The predicted octanol–water partition coefficient (Wildman–Crippen LogP) is 6.34. The van der Waals surface area contributed by atoms with E-state index in [0.29, 0.717) is 138 Å². The molecule has 93 heavy (non-hydrogen) atoms. The van der Waals surface area contributed by atoms with Crippen molar-refractivity contribution in [2.45, 2.75) is 104 Å². The number of pyridine rings is 1. The molecule has 5 amide bonds. The summed E-state index contributed by atoms with van der Waals surface area (Å²) in [6.45, 7) is 12.8. The van der Waals surface area contributed by atoms with Gasteiger partial charge in [0.1, 0.15) is 5.82 Å². The van der Waals surface area contributed by atoms with Crippen molar-refractivity contribution in [3.05, 3.63) is 101 Å². The molecule has 11 rings (SSSR count). The molecule has 5 unspecified atom stereocenters. The molecule has 27 heteroatoms. The van der Waals surface area contributed by atoms with Gasteiger partial charge in [-0.05, 0) is 123 Å². The van der Waals surface area contributed by atoms with Crippen molar-refractivity contribution in [1.29, 1.82) is 0 Å². The molecule has 6 aliphatic rings. The first kappa shape index (κ1) is 68.8. The van der Waals surface area contributed by atoms with E-state index in [4.69, 9.17) is 33.8 Å². The van der Waals surface area contributed by atoms with Gasteiger partial charge in [-0.25, -0.2) is 14.8 Å². The maximum Gasteiger partial charge on any atom is 0.355 e. The van der Waals surface area contributed by atoms with E-state index in [2.05, 4.69) is 34.8 Å². The number of imide groups is 1. The number of carboxylic acid groups (broad SMARTS) is 1. The van der Waals surface area contributed by atoms with E-state index in [-0.39, 0.29) is 79.9 Å². The number of aromatic nitrogens is 4. The van der Waals surface area contributed by atoms with Gasteiger partial charge in [-0.1, -0.05) is 55.9 Å². The molecule has 4 bridgehead atoms. The van der Waals surface area contributed by atoms with Crippen molar-refractivity contribution >= 4 is 78.1 Å². The van der Waals surface area contributed by atoms with Gasteiger partial charge in [0.25, 0.3) is 27.8 Å². The molecular weight excluding hydrogens is 1240 g/mol. The number of hydrogen-bond donors (Lipinski definition) is 5. The Morgan fingerprint density at radius 2 is 1.52 bits per heavy atom. The zero-order valence-corrected chi connectivity index (χ0v) is 54.9. The quantitative estimate of drug-likeness (QED) is 0.0164. The van der Waals surface area contributed by atoms with E-state index in [1.807, 2.05) is 76.0 Å². The average molecular weight is 1320 g/mol. The summed E-state index contributed by atoms with van der Waals surface area (Å²) in [6, 6.07) is 17.1. The largest absolute Gasteiger partial charge is 0.476 e. The Kier molecular flexibility index (Phi) is 22.9. The molecule has 4 aliphatic carbocycles. The Hall–Kier alpha value is -7.08. The average Bonchev–Trinajstić information content (AvgIpc) is 1.15. The first-order chi connectivity index (χ1) is 44.7. The van der Waals surface area contributed by atoms with Crippen LogP contribution in [0.3, 0.4) is 0 Å². The molecule has 5 atom stereocenters. The topological polar surface area (TPSA) is 313 Å². The third kappa shape index (κ3) is 17.6. The first-order valence-electron chi connectivity index (χ1n) is 32.2. The maximum absolute atomic E-state index is 13.8. The fourth-order valence-electron chi connectivity index (χ4n) is 15.1. The van der Waals surface area contributed by atoms with Crippen molar-refractivity contribution in [3.63, 3.8) is 0 Å². The molecule has 5 N–H and O–H groups in total. The Morgan fingerprint density at radius 3 is 2.24 bits per heavy atom. The van der Waals surface area contributed by atoms with Gasteiger partial charge in [0.05, 0.1) is 87.2 Å². The summed E-state index contributed by atoms with van der Waals surface area (Å²) in [5.74, 6) is -1.69. The van der Waals surface area contributed by atoms with Gasteiger partial charge in [-0.15, -0.1) is 0 Å². The van der Waals surface area contributed by atoms with Crippen molar-refractivity contribution in [2.24, 2.45) is 22.7 Å². The van der Waals surface area contributed by atoms with Crippen LogP contribution in [0.1, 0.15) is 109 Å². The number of benzene rings is 2. The highest BCUT2D eigenvalue weighted by Crippen LogP contribution is 2.70. The van der Waals surface area contributed by atoms with Crippen LogP contribution >= 0.6 is 11.3 Å². The van der Waals surface area contributed by atoms with E-state index in [0.717, 1.165) is 70.5 Å². The highest BCUT2D eigenvalue weighted by Gasteiger charge is 2.66. The van der Waals surface area contributed by atoms with Crippen molar-refractivity contribution in [2.75, 3.05) is 121 Å². The summed E-state index contributed by atoms with van der Waals surface area (Å²) in [7, 11) is -4.24. The standard InChI is InChI=1S/C66H86N10O15S2/c1-4-52-47-37-65(44-76-45(2)50(39-69-76)48-13-14-55(71-60(48)62(82)83)74-23-17-46-9-7-10-49(51(46)40-74)61(81)72-63-70-53-11-5-6-12-54(53)92-63)41-64(52,3)42-66(38-47,43-65)91-29-25-73(26-36-93(84,85)86)22-8-20-67-57(78)19-27-87-30-32-89-34-35-90-33-31-88-28-21-68-56(77)18-24-75-58(79)15-16-59(75)80/h5-7,9-16,39,47,52H,4,8,17-38,40-44H2,1-3H3,(H,67,78)(H,68,77)(H,82,83)(H,70,72,81)(H,84,85,86). The SMILES string of the molecule is CCC1C2CC3(Cn4ncc(-c5ccc(N6CCc7cccc(C(=O)Nc8nc9ccccc9s8)c7C6)nc5C(=O)O)c4C)CC(OCCN(CCCNC(=O)CCOCCOCCOCCOCCNC(=O)CCN4C(=O)C=CC4=O)CCS(=O)(=O)O)(C2)CC1(C)C3. The van der Waals surface area contributed by atoms with Crippen LogP contribution in [0, 0.1) is 29.6 Å². The molecule has 0 spiro atoms. The first-order valence-corrected chi connectivity index (χ1v) is 34.6. The number of carboxylic acids is 1. The second-order valence-electron chi connectivity index (χ2n) is 25.4. The van der Waals surface area contributed by atoms with Crippen LogP contribution in [0.5, 0.6) is 0 Å². The lowest BCUT2D eigenvalue weighted by Gasteiger charge is -2.68. The number of carbonyl (C=O) groups is 6. The minimum atomic E-state index is -4.24. The summed E-state index contributed by atoms with van der Waals surface area (Å²) < 4.78 is 65.8. The number of rotatable bonds is 37. The highest BCUT2D eigenvalue weighted by molar-refractivity contribution is 7.85. The van der Waals surface area contributed by atoms with Gasteiger partial charge in [-0.2, -0.15) is 13.5 Å². The third-order valence-corrected chi connectivity index (χ3v) is 20.5. The molecule has 4 fully saturated rings. The number of nitrogens with zero attached hydrogens (tertiary/aromatic N) is 7. The van der Waals surface area contributed by atoms with E-state index >= 15 is 0 Å². The summed E-state index contributed by atoms with van der Waals surface area (Å²) in [6.07, 6.45) is 11.2. The molecule has 0 radical (unpaired) electrons. The summed E-state index contributed by atoms with van der Waals surface area (Å²) in [5.41, 5.74) is 4.66. The van der Waals surface area contributed by atoms with Crippen LogP contribution in [-0.4, -0.2) is 200 Å². The molecule has 2 aromatic carbocycles. The number of para-hydroxylation sites is 1. The number of aromatic carboxylic acids is 1. The van der Waals surface area contributed by atoms with Gasteiger partial charge in [0.15, 0.2) is 10.8 Å². The molecule has 5 heterocycles. The summed E-state index contributed by atoms with van der Waals surface area (Å²) in [4.78, 5) is 89.1. The Labute approximate surface area is 546 Å². The summed E-state index contributed by atoms with van der Waals surface area (Å²) in [5, 5.41) is 24.8. The molecule has 0 saturated heterocycles. The Balaban J connectivity index is 0.656. The van der Waals surface area contributed by atoms with E-state index in [9.17, 15) is 46.8 Å². The smallest absolute Gasteiger partial charge is 0.355 e.